The fourth-order valence-corrected chi connectivity index (χ4v) is 3.27. The molecule has 0 bridgehead atoms. The Morgan fingerprint density at radius 1 is 1.11 bits per heavy atom. The van der Waals surface area contributed by atoms with Gasteiger partial charge in [-0.05, 0) is 31.2 Å². The number of rotatable bonds is 6. The molecular formula is C19H18N4O3S. The van der Waals surface area contributed by atoms with Crippen molar-refractivity contribution < 1.29 is 14.3 Å². The normalized spacial score (nSPS) is 10.3. The van der Waals surface area contributed by atoms with Gasteiger partial charge in [0.05, 0.1) is 12.7 Å². The van der Waals surface area contributed by atoms with Gasteiger partial charge in [0.15, 0.2) is 10.8 Å². The second kappa shape index (κ2) is 7.88. The molecule has 1 aromatic heterocycles. The maximum absolute atomic E-state index is 12.6. The molecule has 0 unspecified atom stereocenters. The Balaban J connectivity index is 1.86. The van der Waals surface area contributed by atoms with Gasteiger partial charge in [0.2, 0.25) is 0 Å². The first-order chi connectivity index (χ1) is 13.0. The summed E-state index contributed by atoms with van der Waals surface area (Å²) in [5.74, 6) is -0.711. The average Bonchev–Trinajstić information content (AvgIpc) is 3.06. The first-order valence-electron chi connectivity index (χ1n) is 8.06. The Kier molecular flexibility index (Phi) is 5.37. The molecule has 27 heavy (non-hydrogen) atoms. The molecule has 4 N–H and O–H groups in total. The molecule has 3 rings (SSSR count). The SMILES string of the molecule is COc1ccccc1C(=O)Nc1sc(Nc2ccc(C)cc2)nc1C(N)=O. The number of amides is 2. The number of para-hydroxylation sites is 1. The minimum Gasteiger partial charge on any atom is -0.496 e. The summed E-state index contributed by atoms with van der Waals surface area (Å²) < 4.78 is 5.20. The lowest BCUT2D eigenvalue weighted by Crippen LogP contribution is -2.18. The standard InChI is InChI=1S/C19H18N4O3S/c1-11-7-9-12(10-8-11)21-19-22-15(16(20)24)18(27-19)23-17(25)13-5-3-4-6-14(13)26-2/h3-10H,1-2H3,(H2,20,24)(H,21,22)(H,23,25). The van der Waals surface area contributed by atoms with E-state index in [1.807, 2.05) is 31.2 Å². The molecule has 7 nitrogen and oxygen atoms in total. The highest BCUT2D eigenvalue weighted by atomic mass is 32.1. The van der Waals surface area contributed by atoms with Crippen molar-refractivity contribution in [3.05, 3.63) is 65.4 Å². The van der Waals surface area contributed by atoms with Crippen LogP contribution >= 0.6 is 11.3 Å². The second-order valence-corrected chi connectivity index (χ2v) is 6.71. The number of anilines is 3. The summed E-state index contributed by atoms with van der Waals surface area (Å²) in [6, 6.07) is 14.5. The number of thiazole rings is 1. The van der Waals surface area contributed by atoms with Gasteiger partial charge in [0.25, 0.3) is 11.8 Å². The van der Waals surface area contributed by atoms with Crippen LogP contribution in [0, 0.1) is 6.92 Å². The molecule has 0 saturated heterocycles. The number of aromatic nitrogens is 1. The fraction of sp³-hybridized carbons (Fsp3) is 0.105. The highest BCUT2D eigenvalue weighted by Crippen LogP contribution is 2.31. The third kappa shape index (κ3) is 4.24. The smallest absolute Gasteiger partial charge is 0.270 e. The summed E-state index contributed by atoms with van der Waals surface area (Å²) in [7, 11) is 1.48. The van der Waals surface area contributed by atoms with Gasteiger partial charge in [0.1, 0.15) is 10.8 Å². The van der Waals surface area contributed by atoms with Crippen LogP contribution in [0.3, 0.4) is 0 Å². The van der Waals surface area contributed by atoms with Crippen molar-refractivity contribution in [1.82, 2.24) is 4.98 Å². The summed E-state index contributed by atoms with van der Waals surface area (Å²) in [6.45, 7) is 1.99. The molecule has 0 aliphatic heterocycles. The van der Waals surface area contributed by atoms with Crippen molar-refractivity contribution in [1.29, 1.82) is 0 Å². The largest absolute Gasteiger partial charge is 0.496 e. The molecule has 8 heteroatoms. The molecule has 0 aliphatic rings. The summed E-state index contributed by atoms with van der Waals surface area (Å²) in [5.41, 5.74) is 7.70. The van der Waals surface area contributed by atoms with Gasteiger partial charge in [-0.2, -0.15) is 0 Å². The first kappa shape index (κ1) is 18.4. The maximum atomic E-state index is 12.6. The zero-order valence-corrected chi connectivity index (χ0v) is 15.6. The first-order valence-corrected chi connectivity index (χ1v) is 8.88. The van der Waals surface area contributed by atoms with Crippen molar-refractivity contribution in [3.63, 3.8) is 0 Å². The van der Waals surface area contributed by atoms with Crippen LogP contribution in [0.15, 0.2) is 48.5 Å². The van der Waals surface area contributed by atoms with Gasteiger partial charge in [-0.3, -0.25) is 9.59 Å². The number of hydrogen-bond donors (Lipinski definition) is 3. The van der Waals surface area contributed by atoms with E-state index in [-0.39, 0.29) is 10.7 Å². The predicted octanol–water partition coefficient (Wildman–Crippen LogP) is 3.55. The van der Waals surface area contributed by atoms with Gasteiger partial charge in [0, 0.05) is 5.69 Å². The third-order valence-corrected chi connectivity index (χ3v) is 4.63. The number of nitrogens with one attached hydrogen (secondary N) is 2. The Labute approximate surface area is 160 Å². The number of carbonyl (C=O) groups excluding carboxylic acids is 2. The van der Waals surface area contributed by atoms with E-state index in [4.69, 9.17) is 10.5 Å². The monoisotopic (exact) mass is 382 g/mol. The van der Waals surface area contributed by atoms with Crippen LogP contribution in [0.4, 0.5) is 15.8 Å². The van der Waals surface area contributed by atoms with Gasteiger partial charge < -0.3 is 21.1 Å². The van der Waals surface area contributed by atoms with Gasteiger partial charge in [-0.1, -0.05) is 41.2 Å². The van der Waals surface area contributed by atoms with E-state index in [2.05, 4.69) is 15.6 Å². The molecule has 2 aromatic carbocycles. The molecule has 2 amide bonds. The van der Waals surface area contributed by atoms with Crippen LogP contribution in [0.5, 0.6) is 5.75 Å². The van der Waals surface area contributed by atoms with Crippen LogP contribution in [0.2, 0.25) is 0 Å². The van der Waals surface area contributed by atoms with Gasteiger partial charge in [-0.25, -0.2) is 4.98 Å². The lowest BCUT2D eigenvalue weighted by atomic mass is 10.2. The fourth-order valence-electron chi connectivity index (χ4n) is 2.39. The van der Waals surface area contributed by atoms with Crippen molar-refractivity contribution in [2.24, 2.45) is 5.73 Å². The van der Waals surface area contributed by atoms with Crippen LogP contribution in [-0.2, 0) is 0 Å². The zero-order chi connectivity index (χ0) is 19.4. The number of nitrogens with two attached hydrogens (primary N) is 1. The number of carbonyl (C=O) groups is 2. The van der Waals surface area contributed by atoms with Crippen LogP contribution < -0.4 is 21.1 Å². The Bertz CT molecular complexity index is 983. The van der Waals surface area contributed by atoms with Crippen molar-refractivity contribution in [3.8, 4) is 5.75 Å². The Morgan fingerprint density at radius 2 is 1.81 bits per heavy atom. The van der Waals surface area contributed by atoms with Crippen molar-refractivity contribution >= 4 is 39.0 Å². The van der Waals surface area contributed by atoms with E-state index in [1.54, 1.807) is 24.3 Å². The average molecular weight is 382 g/mol. The van der Waals surface area contributed by atoms with Gasteiger partial charge >= 0.3 is 0 Å². The van der Waals surface area contributed by atoms with Crippen LogP contribution in [0.1, 0.15) is 26.4 Å². The topological polar surface area (TPSA) is 106 Å². The molecule has 0 spiro atoms. The molecule has 0 atom stereocenters. The highest BCUT2D eigenvalue weighted by molar-refractivity contribution is 7.20. The molecule has 0 saturated carbocycles. The molecule has 0 fully saturated rings. The van der Waals surface area contributed by atoms with E-state index < -0.39 is 11.8 Å². The zero-order valence-electron chi connectivity index (χ0n) is 14.8. The number of ether oxygens (including phenoxy) is 1. The Morgan fingerprint density at radius 3 is 2.48 bits per heavy atom. The molecule has 1 heterocycles. The molecule has 138 valence electrons. The van der Waals surface area contributed by atoms with E-state index in [9.17, 15) is 9.59 Å². The predicted molar refractivity (Wildman–Crippen MR) is 106 cm³/mol. The second-order valence-electron chi connectivity index (χ2n) is 5.71. The summed E-state index contributed by atoms with van der Waals surface area (Å²) >= 11 is 1.13. The van der Waals surface area contributed by atoms with E-state index in [0.29, 0.717) is 16.4 Å². The third-order valence-electron chi connectivity index (χ3n) is 3.74. The lowest BCUT2D eigenvalue weighted by Gasteiger charge is -2.08. The minimum atomic E-state index is -0.724. The number of primary amides is 1. The summed E-state index contributed by atoms with van der Waals surface area (Å²) in [6.07, 6.45) is 0. The molecular weight excluding hydrogens is 364 g/mol. The minimum absolute atomic E-state index is 0.00198. The van der Waals surface area contributed by atoms with Crippen LogP contribution in [-0.4, -0.2) is 23.9 Å². The lowest BCUT2D eigenvalue weighted by molar-refractivity contribution is 0.0997. The summed E-state index contributed by atoms with van der Waals surface area (Å²) in [4.78, 5) is 28.5. The number of aryl methyl sites for hydroxylation is 1. The number of nitrogens with zero attached hydrogens (tertiary/aromatic N) is 1. The number of benzene rings is 2. The highest BCUT2D eigenvalue weighted by Gasteiger charge is 2.20. The maximum Gasteiger partial charge on any atom is 0.270 e. The van der Waals surface area contributed by atoms with Crippen molar-refractivity contribution in [2.75, 3.05) is 17.7 Å². The Hall–Kier alpha value is -3.39. The van der Waals surface area contributed by atoms with E-state index in [0.717, 1.165) is 22.6 Å². The molecule has 3 aromatic rings. The number of methoxy groups -OCH3 is 1. The number of hydrogen-bond acceptors (Lipinski definition) is 6. The van der Waals surface area contributed by atoms with Crippen LogP contribution in [0.25, 0.3) is 0 Å². The summed E-state index contributed by atoms with van der Waals surface area (Å²) in [5, 5.41) is 6.52. The van der Waals surface area contributed by atoms with Gasteiger partial charge in [-0.15, -0.1) is 0 Å². The van der Waals surface area contributed by atoms with Crippen molar-refractivity contribution in [2.45, 2.75) is 6.92 Å². The quantitative estimate of drug-likeness (QED) is 0.604. The molecule has 0 aliphatic carbocycles. The molecule has 0 radical (unpaired) electrons. The van der Waals surface area contributed by atoms with E-state index in [1.165, 1.54) is 7.11 Å². The van der Waals surface area contributed by atoms with E-state index >= 15 is 0 Å².